The van der Waals surface area contributed by atoms with Gasteiger partial charge >= 0.3 is 5.97 Å². The van der Waals surface area contributed by atoms with Crippen LogP contribution in [0.15, 0.2) is 36.5 Å². The molecule has 0 radical (unpaired) electrons. The van der Waals surface area contributed by atoms with Crippen molar-refractivity contribution < 1.29 is 9.90 Å². The second-order valence-electron chi connectivity index (χ2n) is 5.64. The first-order valence-corrected chi connectivity index (χ1v) is 8.25. The first kappa shape index (κ1) is 16.6. The Hall–Kier alpha value is -1.72. The zero-order valence-corrected chi connectivity index (χ0v) is 13.8. The molecule has 0 aliphatic rings. The Morgan fingerprint density at radius 2 is 2.05 bits per heavy atom. The fourth-order valence-electron chi connectivity index (χ4n) is 2.31. The number of hydrogen-bond donors (Lipinski definition) is 1. The van der Waals surface area contributed by atoms with E-state index in [0.717, 1.165) is 24.4 Å². The summed E-state index contributed by atoms with van der Waals surface area (Å²) in [4.78, 5) is 18.6. The average Bonchev–Trinajstić information content (AvgIpc) is 2.93. The number of thiazole rings is 1. The number of rotatable bonds is 8. The third-order valence-electron chi connectivity index (χ3n) is 3.50. The summed E-state index contributed by atoms with van der Waals surface area (Å²) in [6, 6.07) is 10.4. The number of carboxylic acids is 1. The number of carboxylic acid groups (broad SMARTS) is 1. The Morgan fingerprint density at radius 1 is 1.32 bits per heavy atom. The number of benzene rings is 1. The summed E-state index contributed by atoms with van der Waals surface area (Å²) in [5.74, 6) is -1.10. The minimum atomic E-state index is -0.750. The van der Waals surface area contributed by atoms with Gasteiger partial charge in [0.05, 0.1) is 10.9 Å². The molecule has 1 atom stereocenters. The van der Waals surface area contributed by atoms with E-state index >= 15 is 0 Å². The van der Waals surface area contributed by atoms with E-state index in [1.807, 2.05) is 24.2 Å². The van der Waals surface area contributed by atoms with Gasteiger partial charge < -0.3 is 10.0 Å². The van der Waals surface area contributed by atoms with E-state index in [-0.39, 0.29) is 5.92 Å². The molecule has 2 aromatic rings. The number of hydrogen-bond acceptors (Lipinski definition) is 4. The maximum Gasteiger partial charge on any atom is 0.307 e. The van der Waals surface area contributed by atoms with Crippen LogP contribution in [0.3, 0.4) is 0 Å². The van der Waals surface area contributed by atoms with Crippen molar-refractivity contribution >= 4 is 17.3 Å². The zero-order valence-electron chi connectivity index (χ0n) is 13.0. The molecule has 0 amide bonds. The number of nitrogens with zero attached hydrogens (tertiary/aromatic N) is 2. The molecule has 1 heterocycles. The van der Waals surface area contributed by atoms with Crippen LogP contribution in [0.5, 0.6) is 0 Å². The molecule has 0 saturated carbocycles. The van der Waals surface area contributed by atoms with Crippen LogP contribution in [0.1, 0.15) is 22.4 Å². The van der Waals surface area contributed by atoms with Crippen LogP contribution in [0.2, 0.25) is 0 Å². The van der Waals surface area contributed by atoms with Crippen molar-refractivity contribution in [1.82, 2.24) is 9.88 Å². The fraction of sp³-hybridized carbons (Fsp3) is 0.412. The van der Waals surface area contributed by atoms with Crippen molar-refractivity contribution in [3.63, 3.8) is 0 Å². The Balaban J connectivity index is 1.82. The molecule has 0 aliphatic carbocycles. The van der Waals surface area contributed by atoms with E-state index in [4.69, 9.17) is 5.11 Å². The number of aryl methyl sites for hydroxylation is 2. The minimum absolute atomic E-state index is 0.351. The molecule has 1 aromatic carbocycles. The normalized spacial score (nSPS) is 12.5. The van der Waals surface area contributed by atoms with Crippen molar-refractivity contribution in [2.45, 2.75) is 26.3 Å². The summed E-state index contributed by atoms with van der Waals surface area (Å²) >= 11 is 1.72. The molecule has 0 bridgehead atoms. The van der Waals surface area contributed by atoms with E-state index < -0.39 is 5.97 Å². The SMILES string of the molecule is CC(CN(C)Cc1cnc(CCc2ccccc2)s1)C(=O)O. The lowest BCUT2D eigenvalue weighted by atomic mass is 10.1. The Bertz CT molecular complexity index is 598. The average molecular weight is 318 g/mol. The second-order valence-corrected chi connectivity index (χ2v) is 6.84. The van der Waals surface area contributed by atoms with Gasteiger partial charge in [-0.2, -0.15) is 0 Å². The van der Waals surface area contributed by atoms with Crippen LogP contribution in [-0.4, -0.2) is 34.6 Å². The quantitative estimate of drug-likeness (QED) is 0.812. The van der Waals surface area contributed by atoms with Crippen LogP contribution < -0.4 is 0 Å². The highest BCUT2D eigenvalue weighted by Gasteiger charge is 2.14. The lowest BCUT2D eigenvalue weighted by molar-refractivity contribution is -0.141. The Kier molecular flexibility index (Phi) is 6.10. The van der Waals surface area contributed by atoms with Crippen molar-refractivity contribution in [2.24, 2.45) is 5.92 Å². The highest BCUT2D eigenvalue weighted by atomic mass is 32.1. The number of aliphatic carboxylic acids is 1. The van der Waals surface area contributed by atoms with Gasteiger partial charge in [-0.1, -0.05) is 37.3 Å². The number of carbonyl (C=O) groups is 1. The molecule has 1 aromatic heterocycles. The van der Waals surface area contributed by atoms with Crippen LogP contribution in [0.25, 0.3) is 0 Å². The van der Waals surface area contributed by atoms with Crippen molar-refractivity contribution in [1.29, 1.82) is 0 Å². The molecule has 118 valence electrons. The summed E-state index contributed by atoms with van der Waals surface area (Å²) in [6.07, 6.45) is 3.86. The maximum atomic E-state index is 10.9. The largest absolute Gasteiger partial charge is 0.481 e. The first-order valence-electron chi connectivity index (χ1n) is 7.43. The standard InChI is InChI=1S/C17H22N2O2S/c1-13(17(20)21)11-19(2)12-15-10-18-16(22-15)9-8-14-6-4-3-5-7-14/h3-7,10,13H,8-9,11-12H2,1-2H3,(H,20,21). The molecule has 0 spiro atoms. The van der Waals surface area contributed by atoms with Crippen molar-refractivity contribution in [3.05, 3.63) is 52.0 Å². The van der Waals surface area contributed by atoms with E-state index in [1.54, 1.807) is 18.3 Å². The highest BCUT2D eigenvalue weighted by molar-refractivity contribution is 7.11. The Labute approximate surface area is 135 Å². The predicted octanol–water partition coefficient (Wildman–Crippen LogP) is 3.08. The molecule has 0 aliphatic heterocycles. The minimum Gasteiger partial charge on any atom is -0.481 e. The summed E-state index contributed by atoms with van der Waals surface area (Å²) < 4.78 is 0. The molecule has 1 N–H and O–H groups in total. The Morgan fingerprint density at radius 3 is 2.73 bits per heavy atom. The topological polar surface area (TPSA) is 53.4 Å². The second kappa shape index (κ2) is 8.06. The van der Waals surface area contributed by atoms with Gasteiger partial charge in [0.15, 0.2) is 0 Å². The van der Waals surface area contributed by atoms with Crippen LogP contribution in [0, 0.1) is 5.92 Å². The lowest BCUT2D eigenvalue weighted by Crippen LogP contribution is -2.27. The van der Waals surface area contributed by atoms with Gasteiger partial charge in [-0.05, 0) is 19.0 Å². The molecular formula is C17H22N2O2S. The third kappa shape index (κ3) is 5.24. The van der Waals surface area contributed by atoms with Gasteiger partial charge in [0.2, 0.25) is 0 Å². The smallest absolute Gasteiger partial charge is 0.307 e. The summed E-state index contributed by atoms with van der Waals surface area (Å²) in [5.41, 5.74) is 1.33. The van der Waals surface area contributed by atoms with Crippen molar-refractivity contribution in [2.75, 3.05) is 13.6 Å². The lowest BCUT2D eigenvalue weighted by Gasteiger charge is -2.17. The maximum absolute atomic E-state index is 10.9. The van der Waals surface area contributed by atoms with Gasteiger partial charge in [0.1, 0.15) is 0 Å². The highest BCUT2D eigenvalue weighted by Crippen LogP contribution is 2.17. The van der Waals surface area contributed by atoms with Crippen LogP contribution in [0.4, 0.5) is 0 Å². The summed E-state index contributed by atoms with van der Waals surface area (Å²) in [7, 11) is 1.95. The summed E-state index contributed by atoms with van der Waals surface area (Å²) in [5, 5.41) is 10.1. The monoisotopic (exact) mass is 318 g/mol. The molecule has 0 saturated heterocycles. The molecule has 0 fully saturated rings. The van der Waals surface area contributed by atoms with E-state index in [1.165, 1.54) is 10.4 Å². The van der Waals surface area contributed by atoms with Gasteiger partial charge in [-0.25, -0.2) is 4.98 Å². The molecule has 5 heteroatoms. The first-order chi connectivity index (χ1) is 10.5. The molecule has 1 unspecified atom stereocenters. The van der Waals surface area contributed by atoms with Gasteiger partial charge in [0, 0.05) is 30.6 Å². The van der Waals surface area contributed by atoms with Crippen molar-refractivity contribution in [3.8, 4) is 0 Å². The van der Waals surface area contributed by atoms with E-state index in [2.05, 4.69) is 29.2 Å². The van der Waals surface area contributed by atoms with Gasteiger partial charge in [-0.3, -0.25) is 4.79 Å². The fourth-order valence-corrected chi connectivity index (χ4v) is 3.31. The third-order valence-corrected chi connectivity index (χ3v) is 4.55. The molecule has 22 heavy (non-hydrogen) atoms. The van der Waals surface area contributed by atoms with Crippen LogP contribution in [-0.2, 0) is 24.2 Å². The van der Waals surface area contributed by atoms with Gasteiger partial charge in [0.25, 0.3) is 0 Å². The van der Waals surface area contributed by atoms with Crippen LogP contribution >= 0.6 is 11.3 Å². The molecule has 4 nitrogen and oxygen atoms in total. The molecule has 2 rings (SSSR count). The number of aromatic nitrogens is 1. The zero-order chi connectivity index (χ0) is 15.9. The predicted molar refractivity (Wildman–Crippen MR) is 89.1 cm³/mol. The van der Waals surface area contributed by atoms with E-state index in [0.29, 0.717) is 6.54 Å². The van der Waals surface area contributed by atoms with E-state index in [9.17, 15) is 4.79 Å². The van der Waals surface area contributed by atoms with Gasteiger partial charge in [-0.15, -0.1) is 11.3 Å². The molecular weight excluding hydrogens is 296 g/mol. The summed E-state index contributed by atoms with van der Waals surface area (Å²) in [6.45, 7) is 3.03.